The Hall–Kier alpha value is -2.52. The zero-order chi connectivity index (χ0) is 24.6. The van der Waals surface area contributed by atoms with Crippen molar-refractivity contribution in [2.24, 2.45) is 0 Å². The highest BCUT2D eigenvalue weighted by molar-refractivity contribution is 9.10. The van der Waals surface area contributed by atoms with Crippen LogP contribution in [0.2, 0.25) is 10.0 Å². The Kier molecular flexibility index (Phi) is 7.23. The van der Waals surface area contributed by atoms with Crippen molar-refractivity contribution in [1.82, 2.24) is 9.47 Å². The lowest BCUT2D eigenvalue weighted by Crippen LogP contribution is -2.36. The van der Waals surface area contributed by atoms with E-state index < -0.39 is 17.1 Å². The molecule has 1 aliphatic heterocycles. The molecule has 1 fully saturated rings. The van der Waals surface area contributed by atoms with E-state index in [1.54, 1.807) is 24.3 Å². The summed E-state index contributed by atoms with van der Waals surface area (Å²) in [6.07, 6.45) is 1.69. The summed E-state index contributed by atoms with van der Waals surface area (Å²) >= 11 is 16.2. The molecular weight excluding hydrogens is 561 g/mol. The quantitative estimate of drug-likeness (QED) is 0.336. The average molecular weight is 579 g/mol. The second-order valence-electron chi connectivity index (χ2n) is 7.58. The molecule has 34 heavy (non-hydrogen) atoms. The zero-order valence-corrected chi connectivity index (χ0v) is 22.0. The molecule has 0 radical (unpaired) electrons. The molecule has 174 valence electrons. The Bertz CT molecular complexity index is 1350. The largest absolute Gasteiger partial charge is 0.324 e. The molecule has 0 bridgehead atoms. The van der Waals surface area contributed by atoms with Crippen molar-refractivity contribution in [3.8, 4) is 5.69 Å². The van der Waals surface area contributed by atoms with Crippen molar-refractivity contribution in [1.29, 1.82) is 0 Å². The van der Waals surface area contributed by atoms with Gasteiger partial charge in [-0.15, -0.1) is 0 Å². The van der Waals surface area contributed by atoms with Crippen molar-refractivity contribution in [3.05, 3.63) is 84.9 Å². The second-order valence-corrected chi connectivity index (χ2v) is 10.3. The van der Waals surface area contributed by atoms with Gasteiger partial charge in [-0.05, 0) is 102 Å². The fourth-order valence-corrected chi connectivity index (χ4v) is 5.00. The smallest absolute Gasteiger partial charge is 0.294 e. The van der Waals surface area contributed by atoms with Crippen LogP contribution in [0.4, 0.5) is 10.5 Å². The Morgan fingerprint density at radius 3 is 2.47 bits per heavy atom. The number of hydrogen-bond acceptors (Lipinski definition) is 4. The predicted octanol–water partition coefficient (Wildman–Crippen LogP) is 6.84. The summed E-state index contributed by atoms with van der Waals surface area (Å²) in [5.74, 6) is -1.00. The number of rotatable bonds is 5. The SMILES string of the molecule is Cc1cc(/C=C2/SC(=O)N(CC(=O)Nc3ccc(Br)c(Cl)c3)C2=O)c(C)n1-c1ccc(Cl)cc1. The van der Waals surface area contributed by atoms with E-state index >= 15 is 0 Å². The number of halogens is 3. The van der Waals surface area contributed by atoms with Gasteiger partial charge in [0, 0.05) is 32.3 Å². The van der Waals surface area contributed by atoms with Crippen LogP contribution in [0.3, 0.4) is 0 Å². The Balaban J connectivity index is 1.52. The summed E-state index contributed by atoms with van der Waals surface area (Å²) in [4.78, 5) is 39.0. The molecule has 0 aliphatic carbocycles. The first-order valence-corrected chi connectivity index (χ1v) is 12.5. The van der Waals surface area contributed by atoms with Gasteiger partial charge in [0.2, 0.25) is 5.91 Å². The molecule has 0 saturated carbocycles. The monoisotopic (exact) mass is 577 g/mol. The van der Waals surface area contributed by atoms with Crippen LogP contribution in [-0.4, -0.2) is 33.1 Å². The van der Waals surface area contributed by atoms with E-state index in [1.807, 2.05) is 48.7 Å². The number of aromatic nitrogens is 1. The van der Waals surface area contributed by atoms with Gasteiger partial charge in [-0.1, -0.05) is 23.2 Å². The van der Waals surface area contributed by atoms with E-state index in [0.717, 1.165) is 39.3 Å². The van der Waals surface area contributed by atoms with Crippen LogP contribution in [0, 0.1) is 13.8 Å². The third-order valence-corrected chi connectivity index (χ3v) is 7.61. The molecule has 0 spiro atoms. The molecule has 10 heteroatoms. The molecular formula is C24H18BrCl2N3O3S. The number of aryl methyl sites for hydroxylation is 1. The number of thioether (sulfide) groups is 1. The molecule has 1 N–H and O–H groups in total. The first-order chi connectivity index (χ1) is 16.1. The average Bonchev–Trinajstić information content (AvgIpc) is 3.21. The highest BCUT2D eigenvalue weighted by Crippen LogP contribution is 2.34. The summed E-state index contributed by atoms with van der Waals surface area (Å²) in [6.45, 7) is 3.51. The van der Waals surface area contributed by atoms with Gasteiger partial charge in [0.1, 0.15) is 6.54 Å². The fraction of sp³-hybridized carbons (Fsp3) is 0.125. The molecule has 4 rings (SSSR count). The van der Waals surface area contributed by atoms with E-state index in [2.05, 4.69) is 21.2 Å². The highest BCUT2D eigenvalue weighted by Gasteiger charge is 2.36. The summed E-state index contributed by atoms with van der Waals surface area (Å²) in [5.41, 5.74) is 4.11. The van der Waals surface area contributed by atoms with Gasteiger partial charge in [0.25, 0.3) is 11.1 Å². The molecule has 3 aromatic rings. The van der Waals surface area contributed by atoms with E-state index in [1.165, 1.54) is 0 Å². The third-order valence-electron chi connectivity index (χ3n) is 5.22. The normalized spacial score (nSPS) is 14.9. The Labute approximate surface area is 219 Å². The number of amides is 3. The van der Waals surface area contributed by atoms with Gasteiger partial charge in [-0.25, -0.2) is 0 Å². The molecule has 0 atom stereocenters. The standard InChI is InChI=1S/C24H18BrCl2N3O3S/c1-13-9-15(14(2)30(13)18-6-3-16(26)4-7-18)10-21-23(32)29(24(33)34-21)12-22(31)28-17-5-8-19(25)20(27)11-17/h3-11H,12H2,1-2H3,(H,28,31)/b21-10+. The molecule has 1 saturated heterocycles. The lowest BCUT2D eigenvalue weighted by atomic mass is 10.2. The summed E-state index contributed by atoms with van der Waals surface area (Å²) in [7, 11) is 0. The number of imide groups is 1. The minimum Gasteiger partial charge on any atom is -0.324 e. The minimum absolute atomic E-state index is 0.265. The van der Waals surface area contributed by atoms with Crippen LogP contribution in [0.25, 0.3) is 11.8 Å². The second kappa shape index (κ2) is 10.00. The zero-order valence-electron chi connectivity index (χ0n) is 18.1. The summed E-state index contributed by atoms with van der Waals surface area (Å²) < 4.78 is 2.74. The van der Waals surface area contributed by atoms with Gasteiger partial charge in [0.05, 0.1) is 9.93 Å². The van der Waals surface area contributed by atoms with Crippen LogP contribution in [0.15, 0.2) is 57.9 Å². The maximum absolute atomic E-state index is 12.9. The number of nitrogens with zero attached hydrogens (tertiary/aromatic N) is 2. The maximum atomic E-state index is 12.9. The minimum atomic E-state index is -0.504. The van der Waals surface area contributed by atoms with Crippen molar-refractivity contribution in [2.45, 2.75) is 13.8 Å². The van der Waals surface area contributed by atoms with Crippen LogP contribution in [-0.2, 0) is 9.59 Å². The van der Waals surface area contributed by atoms with E-state index in [4.69, 9.17) is 23.2 Å². The lowest BCUT2D eigenvalue weighted by molar-refractivity contribution is -0.127. The van der Waals surface area contributed by atoms with Gasteiger partial charge >= 0.3 is 0 Å². The summed E-state index contributed by atoms with van der Waals surface area (Å²) in [5, 5.41) is 3.24. The van der Waals surface area contributed by atoms with Crippen LogP contribution < -0.4 is 5.32 Å². The fourth-order valence-electron chi connectivity index (χ4n) is 3.62. The van der Waals surface area contributed by atoms with Crippen molar-refractivity contribution < 1.29 is 14.4 Å². The Morgan fingerprint density at radius 1 is 1.09 bits per heavy atom. The number of hydrogen-bond donors (Lipinski definition) is 1. The van der Waals surface area contributed by atoms with Crippen molar-refractivity contribution in [2.75, 3.05) is 11.9 Å². The Morgan fingerprint density at radius 2 is 1.79 bits per heavy atom. The maximum Gasteiger partial charge on any atom is 0.294 e. The molecule has 2 heterocycles. The van der Waals surface area contributed by atoms with Gasteiger partial charge in [-0.3, -0.25) is 19.3 Å². The molecule has 1 aromatic heterocycles. The first-order valence-electron chi connectivity index (χ1n) is 10.1. The number of carbonyl (C=O) groups is 3. The van der Waals surface area contributed by atoms with Gasteiger partial charge < -0.3 is 9.88 Å². The predicted molar refractivity (Wildman–Crippen MR) is 141 cm³/mol. The first kappa shape index (κ1) is 24.6. The van der Waals surface area contributed by atoms with E-state index in [9.17, 15) is 14.4 Å². The van der Waals surface area contributed by atoms with Crippen molar-refractivity contribution >= 4 is 79.7 Å². The molecule has 1 aliphatic rings. The van der Waals surface area contributed by atoms with E-state index in [0.29, 0.717) is 20.2 Å². The topological polar surface area (TPSA) is 71.4 Å². The van der Waals surface area contributed by atoms with Gasteiger partial charge in [-0.2, -0.15) is 0 Å². The molecule has 3 amide bonds. The van der Waals surface area contributed by atoms with Crippen LogP contribution in [0.1, 0.15) is 17.0 Å². The molecule has 0 unspecified atom stereocenters. The van der Waals surface area contributed by atoms with Crippen molar-refractivity contribution in [3.63, 3.8) is 0 Å². The molecule has 6 nitrogen and oxygen atoms in total. The summed E-state index contributed by atoms with van der Waals surface area (Å²) in [6, 6.07) is 14.3. The van der Waals surface area contributed by atoms with E-state index in [-0.39, 0.29) is 11.4 Å². The third kappa shape index (κ3) is 5.10. The van der Waals surface area contributed by atoms with Gasteiger partial charge in [0.15, 0.2) is 0 Å². The molecule has 2 aromatic carbocycles. The van der Waals surface area contributed by atoms with Crippen LogP contribution >= 0.6 is 50.9 Å². The van der Waals surface area contributed by atoms with Crippen LogP contribution in [0.5, 0.6) is 0 Å². The highest BCUT2D eigenvalue weighted by atomic mass is 79.9. The number of carbonyl (C=O) groups excluding carboxylic acids is 3. The number of anilines is 1. The number of nitrogens with one attached hydrogen (secondary N) is 1. The number of benzene rings is 2. The lowest BCUT2D eigenvalue weighted by Gasteiger charge is -2.12.